The van der Waals surface area contributed by atoms with Crippen molar-refractivity contribution in [1.29, 1.82) is 0 Å². The molecule has 0 aliphatic heterocycles. The van der Waals surface area contributed by atoms with E-state index < -0.39 is 0 Å². The van der Waals surface area contributed by atoms with Gasteiger partial charge in [-0.3, -0.25) is 0 Å². The summed E-state index contributed by atoms with van der Waals surface area (Å²) in [4.78, 5) is 0.227. The molecule has 0 heterocycles. The molecule has 1 aromatic rings. The molecule has 90 valence electrons. The minimum atomic E-state index is -0.268. The third kappa shape index (κ3) is 3.91. The Hall–Kier alpha value is -0.341. The Kier molecular flexibility index (Phi) is 6.07. The predicted molar refractivity (Wildman–Crippen MR) is 68.3 cm³/mol. The monoisotopic (exact) mass is 288 g/mol. The summed E-state index contributed by atoms with van der Waals surface area (Å²) in [7, 11) is 1.71. The summed E-state index contributed by atoms with van der Waals surface area (Å²) in [6.45, 7) is 4.05. The Morgan fingerprint density at radius 1 is 1.31 bits per heavy atom. The minimum absolute atomic E-state index is 0.107. The first-order valence-electron chi connectivity index (χ1n) is 5.61. The molecule has 0 radical (unpaired) electrons. The molecular weight excluding hydrogens is 267 g/mol. The predicted octanol–water partition coefficient (Wildman–Crippen LogP) is 1.61. The fraction of sp³-hybridized carbons (Fsp3) is 0.538. The van der Waals surface area contributed by atoms with Gasteiger partial charge in [0.25, 0.3) is 0 Å². The quantitative estimate of drug-likeness (QED) is 0.806. The molecule has 3 atom stereocenters. The molecule has 0 saturated carbocycles. The average molecular weight is 287 g/mol. The van der Waals surface area contributed by atoms with Gasteiger partial charge >= 0.3 is 104 Å². The molecule has 0 spiro atoms. The van der Waals surface area contributed by atoms with E-state index in [9.17, 15) is 5.11 Å². The summed E-state index contributed by atoms with van der Waals surface area (Å²) in [6.07, 6.45) is 0.623. The van der Waals surface area contributed by atoms with E-state index in [0.717, 1.165) is 6.42 Å². The van der Waals surface area contributed by atoms with E-state index in [-0.39, 0.29) is 32.0 Å². The van der Waals surface area contributed by atoms with Gasteiger partial charge in [0.1, 0.15) is 0 Å². The molecule has 0 aliphatic carbocycles. The van der Waals surface area contributed by atoms with Crippen LogP contribution in [-0.2, 0) is 4.74 Å². The topological polar surface area (TPSA) is 29.5 Å². The molecule has 1 aromatic carbocycles. The van der Waals surface area contributed by atoms with Crippen LogP contribution in [0.15, 0.2) is 30.3 Å². The molecule has 2 nitrogen and oxygen atoms in total. The van der Waals surface area contributed by atoms with E-state index in [4.69, 9.17) is 4.74 Å². The molecular formula is C13H20O2Se. The number of aliphatic hydroxyl groups excluding tert-OH is 1. The van der Waals surface area contributed by atoms with E-state index in [1.807, 2.05) is 32.0 Å². The number of hydrogen-bond donors (Lipinski definition) is 1. The van der Waals surface area contributed by atoms with Gasteiger partial charge in [-0.1, -0.05) is 0 Å². The van der Waals surface area contributed by atoms with Crippen molar-refractivity contribution in [2.24, 2.45) is 0 Å². The number of methoxy groups -OCH3 is 1. The molecule has 0 fully saturated rings. The SMILES string of the molecule is CC[C@@H](O)[C@H]([Se]c1ccccc1)[C@@H](C)OC. The van der Waals surface area contributed by atoms with Crippen molar-refractivity contribution in [2.75, 3.05) is 7.11 Å². The van der Waals surface area contributed by atoms with Gasteiger partial charge < -0.3 is 0 Å². The van der Waals surface area contributed by atoms with Gasteiger partial charge in [0.2, 0.25) is 0 Å². The van der Waals surface area contributed by atoms with Gasteiger partial charge in [-0.05, 0) is 0 Å². The van der Waals surface area contributed by atoms with Gasteiger partial charge in [-0.15, -0.1) is 0 Å². The van der Waals surface area contributed by atoms with Crippen LogP contribution in [0.5, 0.6) is 0 Å². The summed E-state index contributed by atoms with van der Waals surface area (Å²) >= 11 is 0.256. The molecule has 16 heavy (non-hydrogen) atoms. The zero-order chi connectivity index (χ0) is 12.0. The van der Waals surface area contributed by atoms with Crippen LogP contribution >= 0.6 is 0 Å². The molecule has 0 bridgehead atoms. The molecule has 1 N–H and O–H groups in total. The normalized spacial score (nSPS) is 16.8. The second-order valence-electron chi connectivity index (χ2n) is 3.81. The first-order valence-corrected chi connectivity index (χ1v) is 7.46. The molecule has 0 aromatic heterocycles. The maximum atomic E-state index is 10.0. The van der Waals surface area contributed by atoms with Crippen molar-refractivity contribution < 1.29 is 9.84 Å². The molecule has 1 rings (SSSR count). The number of ether oxygens (including phenoxy) is 1. The van der Waals surface area contributed by atoms with Crippen molar-refractivity contribution in [3.8, 4) is 0 Å². The van der Waals surface area contributed by atoms with Gasteiger partial charge in [-0.25, -0.2) is 0 Å². The summed E-state index contributed by atoms with van der Waals surface area (Å²) in [5.41, 5.74) is 0. The van der Waals surface area contributed by atoms with Gasteiger partial charge in [0.15, 0.2) is 0 Å². The molecule has 0 aliphatic rings. The number of rotatable bonds is 6. The van der Waals surface area contributed by atoms with Crippen LogP contribution in [0.2, 0.25) is 4.82 Å². The molecule has 0 saturated heterocycles. The van der Waals surface area contributed by atoms with Crippen molar-refractivity contribution in [3.05, 3.63) is 30.3 Å². The second-order valence-corrected chi connectivity index (χ2v) is 6.44. The number of benzene rings is 1. The molecule has 0 amide bonds. The molecule has 0 unspecified atom stereocenters. The van der Waals surface area contributed by atoms with Gasteiger partial charge in [-0.2, -0.15) is 0 Å². The Labute approximate surface area is 104 Å². The standard InChI is InChI=1S/C13H20O2Se/c1-4-12(14)13(10(2)15-3)16-11-8-6-5-7-9-11/h5-10,12-14H,4H2,1-3H3/t10-,12-,13-/m1/s1. The summed E-state index contributed by atoms with van der Waals surface area (Å²) < 4.78 is 6.68. The first kappa shape index (κ1) is 13.7. The second kappa shape index (κ2) is 7.08. The summed E-state index contributed by atoms with van der Waals surface area (Å²) in [5.74, 6) is 0. The summed E-state index contributed by atoms with van der Waals surface area (Å²) in [5, 5.41) is 10.0. The van der Waals surface area contributed by atoms with E-state index in [1.165, 1.54) is 4.46 Å². The van der Waals surface area contributed by atoms with Gasteiger partial charge in [0.05, 0.1) is 0 Å². The van der Waals surface area contributed by atoms with E-state index in [2.05, 4.69) is 12.1 Å². The van der Waals surface area contributed by atoms with Crippen LogP contribution in [0.4, 0.5) is 0 Å². The third-order valence-electron chi connectivity index (χ3n) is 2.65. The van der Waals surface area contributed by atoms with Crippen LogP contribution in [0.1, 0.15) is 20.3 Å². The van der Waals surface area contributed by atoms with Crippen molar-refractivity contribution in [3.63, 3.8) is 0 Å². The fourth-order valence-corrected chi connectivity index (χ4v) is 4.20. The van der Waals surface area contributed by atoms with E-state index in [1.54, 1.807) is 7.11 Å². The van der Waals surface area contributed by atoms with Crippen LogP contribution in [0, 0.1) is 0 Å². The number of hydrogen-bond acceptors (Lipinski definition) is 2. The van der Waals surface area contributed by atoms with Crippen molar-refractivity contribution in [1.82, 2.24) is 0 Å². The molecule has 3 heteroatoms. The first-order chi connectivity index (χ1) is 7.69. The van der Waals surface area contributed by atoms with Crippen LogP contribution < -0.4 is 4.46 Å². The zero-order valence-corrected chi connectivity index (χ0v) is 11.8. The van der Waals surface area contributed by atoms with Crippen LogP contribution in [0.25, 0.3) is 0 Å². The van der Waals surface area contributed by atoms with Crippen molar-refractivity contribution in [2.45, 2.75) is 37.3 Å². The summed E-state index contributed by atoms with van der Waals surface area (Å²) in [6, 6.07) is 10.4. The number of aliphatic hydroxyl groups is 1. The average Bonchev–Trinajstić information content (AvgIpc) is 2.35. The Morgan fingerprint density at radius 2 is 1.94 bits per heavy atom. The Bertz CT molecular complexity index is 279. The van der Waals surface area contributed by atoms with Crippen LogP contribution in [-0.4, -0.2) is 39.4 Å². The Morgan fingerprint density at radius 3 is 2.44 bits per heavy atom. The van der Waals surface area contributed by atoms with Gasteiger partial charge in [0, 0.05) is 0 Å². The van der Waals surface area contributed by atoms with E-state index in [0.29, 0.717) is 0 Å². The van der Waals surface area contributed by atoms with E-state index >= 15 is 0 Å². The maximum absolute atomic E-state index is 10.0. The fourth-order valence-electron chi connectivity index (χ4n) is 1.51. The Balaban J connectivity index is 2.71. The van der Waals surface area contributed by atoms with Crippen molar-refractivity contribution >= 4 is 19.4 Å². The zero-order valence-electron chi connectivity index (χ0n) is 10.1. The third-order valence-corrected chi connectivity index (χ3v) is 5.82. The van der Waals surface area contributed by atoms with Crippen LogP contribution in [0.3, 0.4) is 0 Å².